The van der Waals surface area contributed by atoms with E-state index in [0.29, 0.717) is 12.1 Å². The second-order valence-electron chi connectivity index (χ2n) is 5.91. The van der Waals surface area contributed by atoms with Crippen molar-refractivity contribution < 1.29 is 18.8 Å². The summed E-state index contributed by atoms with van der Waals surface area (Å²) in [6.45, 7) is 1.28. The van der Waals surface area contributed by atoms with Crippen molar-refractivity contribution in [3.05, 3.63) is 62.3 Å². The first-order valence-electron chi connectivity index (χ1n) is 8.19. The van der Waals surface area contributed by atoms with Crippen LogP contribution in [0.1, 0.15) is 38.5 Å². The SMILES string of the molecule is Cc1cc(C(=O)OCC(=O)N2N=C(c3cccs3)C[C@H]2c2cccs2)on1. The van der Waals surface area contributed by atoms with Gasteiger partial charge >= 0.3 is 5.97 Å². The van der Waals surface area contributed by atoms with Gasteiger partial charge in [0.1, 0.15) is 0 Å². The van der Waals surface area contributed by atoms with Crippen LogP contribution in [0, 0.1) is 6.92 Å². The Hall–Kier alpha value is -2.78. The molecule has 1 amide bonds. The number of carbonyl (C=O) groups excluding carboxylic acids is 2. The summed E-state index contributed by atoms with van der Waals surface area (Å²) in [4.78, 5) is 26.8. The Kier molecular flexibility index (Phi) is 4.87. The van der Waals surface area contributed by atoms with Gasteiger partial charge in [-0.25, -0.2) is 9.80 Å². The molecule has 3 aromatic rings. The zero-order chi connectivity index (χ0) is 18.8. The van der Waals surface area contributed by atoms with Crippen LogP contribution in [0.25, 0.3) is 0 Å². The minimum atomic E-state index is -0.724. The number of carbonyl (C=O) groups is 2. The van der Waals surface area contributed by atoms with Gasteiger partial charge in [-0.1, -0.05) is 17.3 Å². The fraction of sp³-hybridized carbons (Fsp3) is 0.222. The molecule has 7 nitrogen and oxygen atoms in total. The molecule has 0 fully saturated rings. The number of hydrogen-bond donors (Lipinski definition) is 0. The van der Waals surface area contributed by atoms with Crippen LogP contribution in [0.3, 0.4) is 0 Å². The molecule has 3 aromatic heterocycles. The minimum Gasteiger partial charge on any atom is -0.450 e. The number of ether oxygens (including phenoxy) is 1. The predicted octanol–water partition coefficient (Wildman–Crippen LogP) is 3.64. The molecule has 0 saturated heterocycles. The Bertz CT molecular complexity index is 976. The van der Waals surface area contributed by atoms with Crippen LogP contribution in [-0.4, -0.2) is 34.4 Å². The lowest BCUT2D eigenvalue weighted by molar-refractivity contribution is -0.136. The van der Waals surface area contributed by atoms with Crippen LogP contribution in [0.2, 0.25) is 0 Å². The zero-order valence-corrected chi connectivity index (χ0v) is 16.0. The maximum absolute atomic E-state index is 12.7. The van der Waals surface area contributed by atoms with E-state index in [1.807, 2.05) is 35.0 Å². The largest absolute Gasteiger partial charge is 0.450 e. The predicted molar refractivity (Wildman–Crippen MR) is 101 cm³/mol. The molecule has 4 rings (SSSR count). The van der Waals surface area contributed by atoms with Crippen molar-refractivity contribution in [3.8, 4) is 0 Å². The van der Waals surface area contributed by atoms with Crippen molar-refractivity contribution in [2.45, 2.75) is 19.4 Å². The third-order valence-electron chi connectivity index (χ3n) is 4.00. The molecular formula is C18H15N3O4S2. The summed E-state index contributed by atoms with van der Waals surface area (Å²) in [5, 5.41) is 13.5. The van der Waals surface area contributed by atoms with Crippen molar-refractivity contribution in [1.29, 1.82) is 0 Å². The maximum Gasteiger partial charge on any atom is 0.377 e. The van der Waals surface area contributed by atoms with Crippen LogP contribution < -0.4 is 0 Å². The molecule has 0 aliphatic carbocycles. The highest BCUT2D eigenvalue weighted by atomic mass is 32.1. The number of aromatic nitrogens is 1. The summed E-state index contributed by atoms with van der Waals surface area (Å²) >= 11 is 3.15. The van der Waals surface area contributed by atoms with Gasteiger partial charge in [0.15, 0.2) is 6.61 Å². The topological polar surface area (TPSA) is 85.0 Å². The summed E-state index contributed by atoms with van der Waals surface area (Å²) < 4.78 is 9.94. The molecule has 27 heavy (non-hydrogen) atoms. The molecule has 0 saturated carbocycles. The number of thiophene rings is 2. The van der Waals surface area contributed by atoms with E-state index in [9.17, 15) is 9.59 Å². The number of amides is 1. The fourth-order valence-corrected chi connectivity index (χ4v) is 4.29. The van der Waals surface area contributed by atoms with Crippen molar-refractivity contribution in [1.82, 2.24) is 10.2 Å². The monoisotopic (exact) mass is 401 g/mol. The molecule has 138 valence electrons. The van der Waals surface area contributed by atoms with Crippen molar-refractivity contribution in [3.63, 3.8) is 0 Å². The van der Waals surface area contributed by atoms with Crippen LogP contribution in [0.5, 0.6) is 0 Å². The number of hydrogen-bond acceptors (Lipinski definition) is 8. The standard InChI is InChI=1S/C18H15N3O4S2/c1-11-8-14(25-20-11)18(23)24-10-17(22)21-13(16-5-3-7-27-16)9-12(19-21)15-4-2-6-26-15/h2-8,13H,9-10H2,1H3/t13-/m0/s1. The Morgan fingerprint density at radius 1 is 1.30 bits per heavy atom. The molecule has 0 unspecified atom stereocenters. The van der Waals surface area contributed by atoms with Gasteiger partial charge in [0.25, 0.3) is 5.91 Å². The Balaban J connectivity index is 1.49. The molecule has 0 N–H and O–H groups in total. The van der Waals surface area contributed by atoms with Gasteiger partial charge in [0.05, 0.1) is 22.3 Å². The molecular weight excluding hydrogens is 386 g/mol. The molecule has 0 spiro atoms. The third kappa shape index (κ3) is 3.69. The summed E-state index contributed by atoms with van der Waals surface area (Å²) in [7, 11) is 0. The van der Waals surface area contributed by atoms with Gasteiger partial charge in [0, 0.05) is 17.4 Å². The summed E-state index contributed by atoms with van der Waals surface area (Å²) in [5.74, 6) is -1.14. The number of rotatable bonds is 5. The second kappa shape index (κ2) is 7.45. The molecule has 9 heteroatoms. The zero-order valence-electron chi connectivity index (χ0n) is 14.3. The average Bonchev–Trinajstić information content (AvgIpc) is 3.45. The smallest absolute Gasteiger partial charge is 0.377 e. The summed E-state index contributed by atoms with van der Waals surface area (Å²) in [5.41, 5.74) is 1.42. The van der Waals surface area contributed by atoms with Crippen LogP contribution >= 0.6 is 22.7 Å². The van der Waals surface area contributed by atoms with E-state index in [4.69, 9.17) is 9.26 Å². The van der Waals surface area contributed by atoms with Crippen molar-refractivity contribution in [2.75, 3.05) is 6.61 Å². The fourth-order valence-electron chi connectivity index (χ4n) is 2.76. The average molecular weight is 401 g/mol. The lowest BCUT2D eigenvalue weighted by Gasteiger charge is -2.20. The van der Waals surface area contributed by atoms with Crippen molar-refractivity contribution >= 4 is 40.3 Å². The first-order chi connectivity index (χ1) is 13.1. The quantitative estimate of drug-likeness (QED) is 0.610. The Morgan fingerprint density at radius 3 is 2.78 bits per heavy atom. The Labute approximate surface area is 162 Å². The van der Waals surface area contributed by atoms with Gasteiger partial charge < -0.3 is 9.26 Å². The Morgan fingerprint density at radius 2 is 2.11 bits per heavy atom. The van der Waals surface area contributed by atoms with Gasteiger partial charge in [-0.15, -0.1) is 22.7 Å². The first kappa shape index (κ1) is 17.6. The summed E-state index contributed by atoms with van der Waals surface area (Å²) in [6, 6.07) is 9.12. The van der Waals surface area contributed by atoms with E-state index in [0.717, 1.165) is 15.5 Å². The van der Waals surface area contributed by atoms with Crippen LogP contribution in [-0.2, 0) is 9.53 Å². The number of hydrazone groups is 1. The molecule has 4 heterocycles. The van der Waals surface area contributed by atoms with Crippen molar-refractivity contribution in [2.24, 2.45) is 5.10 Å². The normalized spacial score (nSPS) is 16.4. The van der Waals surface area contributed by atoms with E-state index < -0.39 is 12.6 Å². The second-order valence-corrected chi connectivity index (χ2v) is 7.83. The molecule has 1 atom stereocenters. The lowest BCUT2D eigenvalue weighted by Crippen LogP contribution is -2.31. The highest BCUT2D eigenvalue weighted by Gasteiger charge is 2.34. The number of nitrogens with zero attached hydrogens (tertiary/aromatic N) is 3. The van der Waals surface area contributed by atoms with Gasteiger partial charge in [-0.3, -0.25) is 4.79 Å². The van der Waals surface area contributed by atoms with Gasteiger partial charge in [-0.2, -0.15) is 5.10 Å². The summed E-state index contributed by atoms with van der Waals surface area (Å²) in [6.07, 6.45) is 0.627. The van der Waals surface area contributed by atoms with E-state index in [2.05, 4.69) is 10.3 Å². The third-order valence-corrected chi connectivity index (χ3v) is 5.89. The minimum absolute atomic E-state index is 0.0284. The highest BCUT2D eigenvalue weighted by molar-refractivity contribution is 7.12. The molecule has 0 radical (unpaired) electrons. The first-order valence-corrected chi connectivity index (χ1v) is 9.95. The lowest BCUT2D eigenvalue weighted by atomic mass is 10.1. The molecule has 0 bridgehead atoms. The van der Waals surface area contributed by atoms with E-state index in [-0.39, 0.29) is 17.7 Å². The number of aryl methyl sites for hydroxylation is 1. The van der Waals surface area contributed by atoms with E-state index in [1.165, 1.54) is 11.1 Å². The van der Waals surface area contributed by atoms with Gasteiger partial charge in [-0.05, 0) is 29.8 Å². The van der Waals surface area contributed by atoms with E-state index >= 15 is 0 Å². The molecule has 1 aliphatic heterocycles. The molecule has 0 aromatic carbocycles. The maximum atomic E-state index is 12.7. The molecule has 1 aliphatic rings. The van der Waals surface area contributed by atoms with Gasteiger partial charge in [0.2, 0.25) is 5.76 Å². The van der Waals surface area contributed by atoms with Crippen LogP contribution in [0.15, 0.2) is 50.7 Å². The number of esters is 1. The highest BCUT2D eigenvalue weighted by Crippen LogP contribution is 2.35. The van der Waals surface area contributed by atoms with E-state index in [1.54, 1.807) is 29.6 Å². The van der Waals surface area contributed by atoms with Crippen LogP contribution in [0.4, 0.5) is 0 Å².